The number of hydrogen-bond acceptors (Lipinski definition) is 2. The molecular formula is C20H22N2O2. The number of carbonyl (C=O) groups is 2. The topological polar surface area (TPSA) is 49.4 Å². The first-order valence-corrected chi connectivity index (χ1v) is 8.40. The smallest absolute Gasteiger partial charge is 0.255 e. The number of carbonyl (C=O) groups excluding carboxylic acids is 2. The molecule has 0 unspecified atom stereocenters. The van der Waals surface area contributed by atoms with Crippen LogP contribution in [0.25, 0.3) is 0 Å². The van der Waals surface area contributed by atoms with E-state index in [9.17, 15) is 9.59 Å². The molecule has 2 aromatic rings. The van der Waals surface area contributed by atoms with Crippen LogP contribution >= 0.6 is 0 Å². The SMILES string of the molecule is CCC(=O)N1CCCc2cc(NC(=O)c3cccc(C)c3)ccc21. The Balaban J connectivity index is 1.81. The predicted octanol–water partition coefficient (Wildman–Crippen LogP) is 3.94. The standard InChI is InChI=1S/C20H22N2O2/c1-3-19(23)22-11-5-8-15-13-17(9-10-18(15)22)21-20(24)16-7-4-6-14(2)12-16/h4,6-7,9-10,12-13H,3,5,8,11H2,1-2H3,(H,21,24). The second-order valence-corrected chi connectivity index (χ2v) is 6.17. The molecule has 1 N–H and O–H groups in total. The number of fused-ring (bicyclic) bond motifs is 1. The summed E-state index contributed by atoms with van der Waals surface area (Å²) >= 11 is 0. The lowest BCUT2D eigenvalue weighted by molar-refractivity contribution is -0.118. The Labute approximate surface area is 142 Å². The molecule has 0 aliphatic carbocycles. The molecule has 2 aromatic carbocycles. The zero-order valence-corrected chi connectivity index (χ0v) is 14.1. The molecule has 0 radical (unpaired) electrons. The Morgan fingerprint density at radius 2 is 2.00 bits per heavy atom. The second kappa shape index (κ2) is 6.87. The lowest BCUT2D eigenvalue weighted by Crippen LogP contribution is -2.34. The molecule has 0 atom stereocenters. The van der Waals surface area contributed by atoms with Gasteiger partial charge in [0.05, 0.1) is 0 Å². The van der Waals surface area contributed by atoms with Crippen LogP contribution in [0.15, 0.2) is 42.5 Å². The highest BCUT2D eigenvalue weighted by Gasteiger charge is 2.21. The van der Waals surface area contributed by atoms with Crippen LogP contribution in [-0.4, -0.2) is 18.4 Å². The monoisotopic (exact) mass is 322 g/mol. The van der Waals surface area contributed by atoms with Crippen molar-refractivity contribution in [1.29, 1.82) is 0 Å². The largest absolute Gasteiger partial charge is 0.322 e. The van der Waals surface area contributed by atoms with Crippen molar-refractivity contribution >= 4 is 23.2 Å². The molecule has 1 heterocycles. The maximum absolute atomic E-state index is 12.4. The molecule has 2 amide bonds. The van der Waals surface area contributed by atoms with Crippen LogP contribution in [0.3, 0.4) is 0 Å². The molecule has 0 bridgehead atoms. The zero-order valence-electron chi connectivity index (χ0n) is 14.1. The highest BCUT2D eigenvalue weighted by atomic mass is 16.2. The summed E-state index contributed by atoms with van der Waals surface area (Å²) < 4.78 is 0. The van der Waals surface area contributed by atoms with E-state index in [1.54, 1.807) is 0 Å². The highest BCUT2D eigenvalue weighted by molar-refractivity contribution is 6.04. The number of nitrogens with zero attached hydrogens (tertiary/aromatic N) is 1. The van der Waals surface area contributed by atoms with Gasteiger partial charge in [-0.15, -0.1) is 0 Å². The van der Waals surface area contributed by atoms with Gasteiger partial charge in [-0.25, -0.2) is 0 Å². The minimum atomic E-state index is -0.115. The highest BCUT2D eigenvalue weighted by Crippen LogP contribution is 2.30. The third-order valence-electron chi connectivity index (χ3n) is 4.34. The van der Waals surface area contributed by atoms with Crippen molar-refractivity contribution in [2.24, 2.45) is 0 Å². The van der Waals surface area contributed by atoms with Gasteiger partial charge >= 0.3 is 0 Å². The van der Waals surface area contributed by atoms with Crippen molar-refractivity contribution < 1.29 is 9.59 Å². The van der Waals surface area contributed by atoms with E-state index in [2.05, 4.69) is 5.32 Å². The zero-order chi connectivity index (χ0) is 17.1. The van der Waals surface area contributed by atoms with Crippen LogP contribution in [0.5, 0.6) is 0 Å². The fourth-order valence-electron chi connectivity index (χ4n) is 3.11. The van der Waals surface area contributed by atoms with Crippen LogP contribution in [0.1, 0.15) is 41.3 Å². The van der Waals surface area contributed by atoms with E-state index in [1.165, 1.54) is 0 Å². The number of aryl methyl sites for hydroxylation is 2. The van der Waals surface area contributed by atoms with Gasteiger partial charge < -0.3 is 10.2 Å². The molecule has 0 saturated heterocycles. The van der Waals surface area contributed by atoms with Gasteiger partial charge in [-0.2, -0.15) is 0 Å². The number of amides is 2. The van der Waals surface area contributed by atoms with Crippen molar-refractivity contribution in [3.63, 3.8) is 0 Å². The second-order valence-electron chi connectivity index (χ2n) is 6.17. The fraction of sp³-hybridized carbons (Fsp3) is 0.300. The molecule has 3 rings (SSSR count). The van der Waals surface area contributed by atoms with Gasteiger partial charge in [-0.1, -0.05) is 24.6 Å². The van der Waals surface area contributed by atoms with Crippen molar-refractivity contribution in [1.82, 2.24) is 0 Å². The van der Waals surface area contributed by atoms with Crippen molar-refractivity contribution in [3.8, 4) is 0 Å². The Morgan fingerprint density at radius 3 is 2.75 bits per heavy atom. The summed E-state index contributed by atoms with van der Waals surface area (Å²) in [4.78, 5) is 26.3. The number of rotatable bonds is 3. The van der Waals surface area contributed by atoms with Crippen LogP contribution in [0, 0.1) is 6.92 Å². The van der Waals surface area contributed by atoms with E-state index < -0.39 is 0 Å². The van der Waals surface area contributed by atoms with Crippen LogP contribution in [-0.2, 0) is 11.2 Å². The third-order valence-corrected chi connectivity index (χ3v) is 4.34. The van der Waals surface area contributed by atoms with Gasteiger partial charge in [0.1, 0.15) is 0 Å². The van der Waals surface area contributed by atoms with Crippen molar-refractivity contribution in [2.75, 3.05) is 16.8 Å². The summed E-state index contributed by atoms with van der Waals surface area (Å²) in [6.07, 6.45) is 2.39. The van der Waals surface area contributed by atoms with Gasteiger partial charge in [0, 0.05) is 29.9 Å². The minimum Gasteiger partial charge on any atom is -0.322 e. The average Bonchev–Trinajstić information content (AvgIpc) is 2.60. The van der Waals surface area contributed by atoms with Crippen molar-refractivity contribution in [3.05, 3.63) is 59.2 Å². The average molecular weight is 322 g/mol. The summed E-state index contributed by atoms with van der Waals surface area (Å²) in [6, 6.07) is 13.3. The van der Waals surface area contributed by atoms with E-state index in [1.807, 2.05) is 61.2 Å². The summed E-state index contributed by atoms with van der Waals surface area (Å²) in [7, 11) is 0. The number of benzene rings is 2. The molecule has 124 valence electrons. The third kappa shape index (κ3) is 3.32. The Morgan fingerprint density at radius 1 is 1.17 bits per heavy atom. The number of nitrogens with one attached hydrogen (secondary N) is 1. The van der Waals surface area contributed by atoms with Gasteiger partial charge in [0.15, 0.2) is 0 Å². The van der Waals surface area contributed by atoms with Crippen LogP contribution < -0.4 is 10.2 Å². The Kier molecular flexibility index (Phi) is 4.65. The first kappa shape index (κ1) is 16.2. The van der Waals surface area contributed by atoms with Crippen LogP contribution in [0.4, 0.5) is 11.4 Å². The molecule has 0 saturated carbocycles. The van der Waals surface area contributed by atoms with Gasteiger partial charge in [0.25, 0.3) is 5.91 Å². The normalized spacial score (nSPS) is 13.3. The molecule has 0 aromatic heterocycles. The molecule has 4 heteroatoms. The number of anilines is 2. The molecule has 4 nitrogen and oxygen atoms in total. The maximum atomic E-state index is 12.4. The van der Waals surface area contributed by atoms with E-state index in [0.29, 0.717) is 12.0 Å². The van der Waals surface area contributed by atoms with Crippen LogP contribution in [0.2, 0.25) is 0 Å². The minimum absolute atomic E-state index is 0.115. The predicted molar refractivity (Wildman–Crippen MR) is 96.5 cm³/mol. The van der Waals surface area contributed by atoms with E-state index in [0.717, 1.165) is 41.9 Å². The molecule has 1 aliphatic rings. The van der Waals surface area contributed by atoms with Crippen molar-refractivity contribution in [2.45, 2.75) is 33.1 Å². The van der Waals surface area contributed by atoms with E-state index >= 15 is 0 Å². The van der Waals surface area contributed by atoms with E-state index in [4.69, 9.17) is 0 Å². The van der Waals surface area contributed by atoms with Gasteiger partial charge in [0.2, 0.25) is 5.91 Å². The molecule has 0 spiro atoms. The van der Waals surface area contributed by atoms with Gasteiger partial charge in [-0.05, 0) is 55.7 Å². The first-order valence-electron chi connectivity index (χ1n) is 8.40. The molecule has 24 heavy (non-hydrogen) atoms. The molecule has 1 aliphatic heterocycles. The summed E-state index contributed by atoms with van der Waals surface area (Å²) in [5.74, 6) is 0.0310. The molecule has 0 fully saturated rings. The first-order chi connectivity index (χ1) is 11.6. The lowest BCUT2D eigenvalue weighted by atomic mass is 10.0. The summed E-state index contributed by atoms with van der Waals surface area (Å²) in [6.45, 7) is 4.62. The summed E-state index contributed by atoms with van der Waals surface area (Å²) in [5, 5.41) is 2.95. The summed E-state index contributed by atoms with van der Waals surface area (Å²) in [5.41, 5.74) is 4.56. The fourth-order valence-corrected chi connectivity index (χ4v) is 3.11. The quantitative estimate of drug-likeness (QED) is 0.930. The van der Waals surface area contributed by atoms with E-state index in [-0.39, 0.29) is 11.8 Å². The number of hydrogen-bond donors (Lipinski definition) is 1. The maximum Gasteiger partial charge on any atom is 0.255 e. The molecular weight excluding hydrogens is 300 g/mol. The Hall–Kier alpha value is -2.62. The van der Waals surface area contributed by atoms with Gasteiger partial charge in [-0.3, -0.25) is 9.59 Å². The Bertz CT molecular complexity index is 783. The lowest BCUT2D eigenvalue weighted by Gasteiger charge is -2.29.